The average Bonchev–Trinajstić information content (AvgIpc) is 3.25. The lowest BCUT2D eigenvalue weighted by Gasteiger charge is -2.33. The van der Waals surface area contributed by atoms with E-state index in [0.717, 1.165) is 58.6 Å². The highest BCUT2D eigenvalue weighted by Crippen LogP contribution is 2.24. The maximum atomic E-state index is 13.0. The van der Waals surface area contributed by atoms with Crippen molar-refractivity contribution >= 4 is 33.8 Å². The van der Waals surface area contributed by atoms with Gasteiger partial charge in [0, 0.05) is 49.5 Å². The Morgan fingerprint density at radius 3 is 2.69 bits per heavy atom. The summed E-state index contributed by atoms with van der Waals surface area (Å²) in [4.78, 5) is 31.2. The number of likely N-dealkylation sites (N-methyl/N-ethyl adjacent to an activating group) is 1. The van der Waals surface area contributed by atoms with E-state index in [1.165, 1.54) is 11.3 Å². The Bertz CT molecular complexity index is 1280. The lowest BCUT2D eigenvalue weighted by atomic mass is 10.1. The van der Waals surface area contributed by atoms with Crippen LogP contribution in [0.1, 0.15) is 21.1 Å². The van der Waals surface area contributed by atoms with Crippen LogP contribution in [0.25, 0.3) is 21.6 Å². The van der Waals surface area contributed by atoms with Gasteiger partial charge in [0.2, 0.25) is 0 Å². The van der Waals surface area contributed by atoms with Crippen molar-refractivity contribution < 1.29 is 4.79 Å². The minimum atomic E-state index is 0.0190. The first-order chi connectivity index (χ1) is 15.5. The smallest absolute Gasteiger partial charge is 0.169 e. The number of piperazine rings is 1. The van der Waals surface area contributed by atoms with Gasteiger partial charge in [-0.1, -0.05) is 11.3 Å². The fraction of sp³-hybridized carbons (Fsp3) is 0.304. The highest BCUT2D eigenvalue weighted by Gasteiger charge is 2.17. The van der Waals surface area contributed by atoms with Crippen LogP contribution >= 0.6 is 11.3 Å². The fourth-order valence-electron chi connectivity index (χ4n) is 3.74. The number of aryl methyl sites for hydroxylation is 1. The number of pyridine rings is 3. The normalized spacial score (nSPS) is 14.8. The molecule has 0 amide bonds. The summed E-state index contributed by atoms with van der Waals surface area (Å²) in [5.41, 5.74) is 2.92. The molecule has 4 aromatic rings. The molecular weight excluding hydrogens is 422 g/mol. The minimum absolute atomic E-state index is 0.0190. The quantitative estimate of drug-likeness (QED) is 0.433. The van der Waals surface area contributed by atoms with Gasteiger partial charge in [0.15, 0.2) is 10.8 Å². The van der Waals surface area contributed by atoms with Crippen molar-refractivity contribution in [3.63, 3.8) is 0 Å². The summed E-state index contributed by atoms with van der Waals surface area (Å²) in [6.07, 6.45) is 3.70. The molecule has 0 atom stereocenters. The summed E-state index contributed by atoms with van der Waals surface area (Å²) in [5, 5.41) is 10.9. The lowest BCUT2D eigenvalue weighted by molar-refractivity contribution is 0.0992. The molecule has 0 bridgehead atoms. The van der Waals surface area contributed by atoms with Crippen LogP contribution < -0.4 is 4.90 Å². The number of hydrogen-bond donors (Lipinski definition) is 0. The fourth-order valence-corrected chi connectivity index (χ4v) is 4.40. The molecule has 32 heavy (non-hydrogen) atoms. The lowest BCUT2D eigenvalue weighted by Crippen LogP contribution is -2.44. The molecular formula is C23H23N7OS. The van der Waals surface area contributed by atoms with Crippen molar-refractivity contribution in [3.8, 4) is 10.7 Å². The van der Waals surface area contributed by atoms with Crippen LogP contribution in [0.15, 0.2) is 42.7 Å². The molecule has 0 saturated carbocycles. The molecule has 1 saturated heterocycles. The molecule has 5 heterocycles. The van der Waals surface area contributed by atoms with Gasteiger partial charge in [-0.15, -0.1) is 10.2 Å². The third-order valence-electron chi connectivity index (χ3n) is 5.61. The number of carbonyl (C=O) groups excluding carboxylic acids is 1. The van der Waals surface area contributed by atoms with Crippen LogP contribution in [-0.2, 0) is 6.42 Å². The van der Waals surface area contributed by atoms with Gasteiger partial charge in [-0.3, -0.25) is 9.78 Å². The van der Waals surface area contributed by atoms with Gasteiger partial charge < -0.3 is 9.80 Å². The van der Waals surface area contributed by atoms with Crippen LogP contribution in [0.5, 0.6) is 0 Å². The molecule has 0 N–H and O–H groups in total. The maximum Gasteiger partial charge on any atom is 0.169 e. The van der Waals surface area contributed by atoms with E-state index in [1.807, 2.05) is 31.2 Å². The number of aromatic nitrogens is 5. The van der Waals surface area contributed by atoms with Crippen LogP contribution in [0.2, 0.25) is 0 Å². The Labute approximate surface area is 190 Å². The van der Waals surface area contributed by atoms with E-state index < -0.39 is 0 Å². The average molecular weight is 446 g/mol. The Hall–Kier alpha value is -3.30. The monoisotopic (exact) mass is 445 g/mol. The second kappa shape index (κ2) is 8.68. The molecule has 9 heteroatoms. The number of nitrogens with zero attached hydrogens (tertiary/aromatic N) is 7. The number of hydrogen-bond acceptors (Lipinski definition) is 9. The third-order valence-corrected chi connectivity index (χ3v) is 6.47. The van der Waals surface area contributed by atoms with Crippen molar-refractivity contribution in [2.45, 2.75) is 13.3 Å². The minimum Gasteiger partial charge on any atom is -0.354 e. The molecule has 162 valence electrons. The predicted octanol–water partition coefficient (Wildman–Crippen LogP) is 3.03. The number of Topliss-reactive ketones (excluding diaryl/α,β-unsaturated/α-hetero) is 1. The SMILES string of the molecule is Cc1nnc(-c2ccc3cnc(CC(=O)c4ccnc(N5CCN(C)CC5)c4)cc3n2)s1. The van der Waals surface area contributed by atoms with Gasteiger partial charge in [0.05, 0.1) is 17.6 Å². The topological polar surface area (TPSA) is 88.0 Å². The maximum absolute atomic E-state index is 13.0. The molecule has 1 fully saturated rings. The van der Waals surface area contributed by atoms with E-state index in [2.05, 4.69) is 37.0 Å². The van der Waals surface area contributed by atoms with Crippen molar-refractivity contribution in [1.82, 2.24) is 30.0 Å². The molecule has 4 aromatic heterocycles. The number of fused-ring (bicyclic) bond motifs is 1. The summed E-state index contributed by atoms with van der Waals surface area (Å²) < 4.78 is 0. The van der Waals surface area contributed by atoms with Gasteiger partial charge in [0.25, 0.3) is 0 Å². The second-order valence-corrected chi connectivity index (χ2v) is 9.17. The number of ketones is 1. The highest BCUT2D eigenvalue weighted by atomic mass is 32.1. The first kappa shape index (κ1) is 20.6. The molecule has 0 spiro atoms. The molecule has 0 radical (unpaired) electrons. The van der Waals surface area contributed by atoms with Gasteiger partial charge in [-0.25, -0.2) is 9.97 Å². The summed E-state index contributed by atoms with van der Waals surface area (Å²) in [7, 11) is 2.12. The molecule has 1 aliphatic heterocycles. The van der Waals surface area contributed by atoms with Gasteiger partial charge in [0.1, 0.15) is 16.5 Å². The number of carbonyl (C=O) groups is 1. The molecule has 8 nitrogen and oxygen atoms in total. The van der Waals surface area contributed by atoms with Gasteiger partial charge in [-0.05, 0) is 44.3 Å². The Morgan fingerprint density at radius 1 is 1.06 bits per heavy atom. The number of anilines is 1. The number of rotatable bonds is 5. The zero-order valence-electron chi connectivity index (χ0n) is 18.0. The Morgan fingerprint density at radius 2 is 1.91 bits per heavy atom. The summed E-state index contributed by atoms with van der Waals surface area (Å²) in [6.45, 7) is 5.73. The molecule has 1 aliphatic rings. The second-order valence-electron chi connectivity index (χ2n) is 7.98. The zero-order valence-corrected chi connectivity index (χ0v) is 18.8. The van der Waals surface area contributed by atoms with Gasteiger partial charge >= 0.3 is 0 Å². The van der Waals surface area contributed by atoms with E-state index in [0.29, 0.717) is 11.3 Å². The van der Waals surface area contributed by atoms with Crippen LogP contribution in [-0.4, -0.2) is 69.1 Å². The van der Waals surface area contributed by atoms with Crippen molar-refractivity contribution in [2.75, 3.05) is 38.1 Å². The summed E-state index contributed by atoms with van der Waals surface area (Å²) in [5.74, 6) is 0.875. The van der Waals surface area contributed by atoms with E-state index in [4.69, 9.17) is 4.98 Å². The van der Waals surface area contributed by atoms with E-state index in [9.17, 15) is 4.79 Å². The largest absolute Gasteiger partial charge is 0.354 e. The van der Waals surface area contributed by atoms with Crippen LogP contribution in [0, 0.1) is 6.92 Å². The van der Waals surface area contributed by atoms with Crippen molar-refractivity contribution in [3.05, 3.63) is 59.0 Å². The molecule has 5 rings (SSSR count). The van der Waals surface area contributed by atoms with Crippen LogP contribution in [0.4, 0.5) is 5.82 Å². The summed E-state index contributed by atoms with van der Waals surface area (Å²) >= 11 is 1.51. The van der Waals surface area contributed by atoms with E-state index >= 15 is 0 Å². The van der Waals surface area contributed by atoms with Crippen LogP contribution in [0.3, 0.4) is 0 Å². The molecule has 0 unspecified atom stereocenters. The third kappa shape index (κ3) is 4.35. The Kier molecular flexibility index (Phi) is 5.59. The Balaban J connectivity index is 1.36. The van der Waals surface area contributed by atoms with Crippen molar-refractivity contribution in [1.29, 1.82) is 0 Å². The first-order valence-corrected chi connectivity index (χ1v) is 11.4. The standard InChI is InChI=1S/C23H23N7OS/c1-15-27-28-23(32-15)19-4-3-17-14-25-18(12-20(17)26-19)13-21(31)16-5-6-24-22(11-16)30-9-7-29(2)8-10-30/h3-6,11-12,14H,7-10,13H2,1-2H3. The summed E-state index contributed by atoms with van der Waals surface area (Å²) in [6, 6.07) is 9.44. The highest BCUT2D eigenvalue weighted by molar-refractivity contribution is 7.14. The van der Waals surface area contributed by atoms with E-state index in [-0.39, 0.29) is 12.2 Å². The molecule has 0 aliphatic carbocycles. The van der Waals surface area contributed by atoms with E-state index in [1.54, 1.807) is 18.5 Å². The van der Waals surface area contributed by atoms with Gasteiger partial charge in [-0.2, -0.15) is 0 Å². The predicted molar refractivity (Wildman–Crippen MR) is 125 cm³/mol. The zero-order chi connectivity index (χ0) is 22.1. The first-order valence-electron chi connectivity index (χ1n) is 10.5. The molecule has 0 aromatic carbocycles. The van der Waals surface area contributed by atoms with Crippen molar-refractivity contribution in [2.24, 2.45) is 0 Å².